The molecule has 0 aliphatic heterocycles. The van der Waals surface area contributed by atoms with Gasteiger partial charge in [-0.1, -0.05) is 5.21 Å². The van der Waals surface area contributed by atoms with E-state index in [-0.39, 0.29) is 0 Å². The number of nitrogens with zero attached hydrogens (tertiary/aromatic N) is 4. The zero-order valence-corrected chi connectivity index (χ0v) is 9.48. The largest absolute Gasteiger partial charge is 0.310 e. The Bertz CT molecular complexity index is 305. The molecule has 1 heterocycles. The highest BCUT2D eigenvalue weighted by Gasteiger charge is 2.25. The molecule has 15 heavy (non-hydrogen) atoms. The molecule has 0 bridgehead atoms. The van der Waals surface area contributed by atoms with Gasteiger partial charge in [-0.15, -0.1) is 5.10 Å². The molecule has 0 saturated heterocycles. The molecule has 0 atom stereocenters. The predicted molar refractivity (Wildman–Crippen MR) is 58.4 cm³/mol. The Balaban J connectivity index is 1.58. The summed E-state index contributed by atoms with van der Waals surface area (Å²) < 4.78 is 1.73. The number of aromatic nitrogens is 3. The summed E-state index contributed by atoms with van der Waals surface area (Å²) in [5.74, 6) is 0. The van der Waals surface area contributed by atoms with Crippen molar-refractivity contribution in [2.75, 3.05) is 20.1 Å². The van der Waals surface area contributed by atoms with Crippen molar-refractivity contribution in [2.24, 2.45) is 7.05 Å². The zero-order chi connectivity index (χ0) is 10.7. The summed E-state index contributed by atoms with van der Waals surface area (Å²) in [5.41, 5.74) is 1.01. The molecule has 1 aromatic rings. The average Bonchev–Trinajstić information content (AvgIpc) is 2.98. The number of aryl methyl sites for hydroxylation is 1. The van der Waals surface area contributed by atoms with E-state index in [2.05, 4.69) is 27.6 Å². The first-order valence-corrected chi connectivity index (χ1v) is 5.52. The number of nitrogens with one attached hydrogen (secondary N) is 1. The molecule has 2 rings (SSSR count). The van der Waals surface area contributed by atoms with Gasteiger partial charge in [-0.05, 0) is 19.9 Å². The molecule has 1 aliphatic rings. The second-order valence-electron chi connectivity index (χ2n) is 4.27. The lowest BCUT2D eigenvalue weighted by atomic mass is 10.4. The van der Waals surface area contributed by atoms with Gasteiger partial charge in [0.1, 0.15) is 0 Å². The summed E-state index contributed by atoms with van der Waals surface area (Å²) in [7, 11) is 4.08. The maximum absolute atomic E-state index is 4.02. The van der Waals surface area contributed by atoms with Crippen LogP contribution in [0.4, 0.5) is 0 Å². The average molecular weight is 209 g/mol. The molecule has 1 aromatic heterocycles. The van der Waals surface area contributed by atoms with E-state index in [1.807, 2.05) is 13.2 Å². The van der Waals surface area contributed by atoms with Gasteiger partial charge < -0.3 is 10.2 Å². The summed E-state index contributed by atoms with van der Waals surface area (Å²) >= 11 is 0. The smallest absolute Gasteiger partial charge is 0.0964 e. The van der Waals surface area contributed by atoms with Gasteiger partial charge in [-0.25, -0.2) is 0 Å². The van der Waals surface area contributed by atoms with Gasteiger partial charge in [0.05, 0.1) is 5.69 Å². The lowest BCUT2D eigenvalue weighted by Gasteiger charge is -2.15. The van der Waals surface area contributed by atoms with Crippen LogP contribution in [0.3, 0.4) is 0 Å². The molecule has 1 N–H and O–H groups in total. The van der Waals surface area contributed by atoms with E-state index in [1.54, 1.807) is 4.68 Å². The maximum Gasteiger partial charge on any atom is 0.0964 e. The van der Waals surface area contributed by atoms with Crippen molar-refractivity contribution in [1.82, 2.24) is 25.2 Å². The van der Waals surface area contributed by atoms with Crippen molar-refractivity contribution in [2.45, 2.75) is 25.4 Å². The topological polar surface area (TPSA) is 46.0 Å². The lowest BCUT2D eigenvalue weighted by molar-refractivity contribution is 0.321. The standard InChI is InChI=1S/C10H19N5/c1-14(10-3-4-10)6-5-11-7-9-8-15(2)13-12-9/h8,10-11H,3-7H2,1-2H3. The first kappa shape index (κ1) is 10.6. The van der Waals surface area contributed by atoms with E-state index in [4.69, 9.17) is 0 Å². The van der Waals surface area contributed by atoms with Crippen molar-refractivity contribution in [3.05, 3.63) is 11.9 Å². The van der Waals surface area contributed by atoms with Crippen LogP contribution >= 0.6 is 0 Å². The summed E-state index contributed by atoms with van der Waals surface area (Å²) in [5, 5.41) is 11.3. The minimum atomic E-state index is 0.812. The third kappa shape index (κ3) is 3.28. The molecule has 5 nitrogen and oxygen atoms in total. The van der Waals surface area contributed by atoms with Gasteiger partial charge in [-0.2, -0.15) is 0 Å². The molecule has 1 aliphatic carbocycles. The van der Waals surface area contributed by atoms with Gasteiger partial charge in [0.2, 0.25) is 0 Å². The van der Waals surface area contributed by atoms with Gasteiger partial charge in [0.25, 0.3) is 0 Å². The van der Waals surface area contributed by atoms with Crippen LogP contribution in [0.2, 0.25) is 0 Å². The minimum Gasteiger partial charge on any atom is -0.310 e. The van der Waals surface area contributed by atoms with Crippen LogP contribution in [-0.4, -0.2) is 46.1 Å². The van der Waals surface area contributed by atoms with Crippen molar-refractivity contribution < 1.29 is 0 Å². The molecular weight excluding hydrogens is 190 g/mol. The predicted octanol–water partition coefficient (Wildman–Crippen LogP) is -0.00110. The fraction of sp³-hybridized carbons (Fsp3) is 0.800. The Kier molecular flexibility index (Phi) is 3.33. The molecule has 0 amide bonds. The van der Waals surface area contributed by atoms with Crippen LogP contribution in [0, 0.1) is 0 Å². The normalized spacial score (nSPS) is 16.2. The molecule has 1 fully saturated rings. The Morgan fingerprint density at radius 2 is 2.40 bits per heavy atom. The quantitative estimate of drug-likeness (QED) is 0.670. The van der Waals surface area contributed by atoms with Gasteiger partial charge in [-0.3, -0.25) is 4.68 Å². The molecule has 0 aromatic carbocycles. The van der Waals surface area contributed by atoms with Crippen LogP contribution in [-0.2, 0) is 13.6 Å². The summed E-state index contributed by atoms with van der Waals surface area (Å²) in [6.07, 6.45) is 4.69. The summed E-state index contributed by atoms with van der Waals surface area (Å²) in [6.45, 7) is 2.95. The molecule has 5 heteroatoms. The van der Waals surface area contributed by atoms with Crippen molar-refractivity contribution in [1.29, 1.82) is 0 Å². The van der Waals surface area contributed by atoms with E-state index in [1.165, 1.54) is 12.8 Å². The molecule has 84 valence electrons. The summed E-state index contributed by atoms with van der Waals surface area (Å²) in [6, 6.07) is 0.850. The van der Waals surface area contributed by atoms with Gasteiger partial charge in [0.15, 0.2) is 0 Å². The Labute approximate surface area is 90.5 Å². The van der Waals surface area contributed by atoms with E-state index >= 15 is 0 Å². The third-order valence-corrected chi connectivity index (χ3v) is 2.77. The van der Waals surface area contributed by atoms with Crippen LogP contribution in [0.5, 0.6) is 0 Å². The Morgan fingerprint density at radius 1 is 1.60 bits per heavy atom. The fourth-order valence-electron chi connectivity index (χ4n) is 1.65. The van der Waals surface area contributed by atoms with Crippen molar-refractivity contribution >= 4 is 0 Å². The van der Waals surface area contributed by atoms with Crippen LogP contribution in [0.25, 0.3) is 0 Å². The van der Waals surface area contributed by atoms with Crippen LogP contribution < -0.4 is 5.32 Å². The van der Waals surface area contributed by atoms with Crippen LogP contribution in [0.1, 0.15) is 18.5 Å². The Hall–Kier alpha value is -0.940. The highest BCUT2D eigenvalue weighted by Crippen LogP contribution is 2.24. The van der Waals surface area contributed by atoms with Crippen molar-refractivity contribution in [3.63, 3.8) is 0 Å². The second kappa shape index (κ2) is 4.72. The SMILES string of the molecule is CN(CCNCc1cn(C)nn1)C1CC1. The van der Waals surface area contributed by atoms with Crippen LogP contribution in [0.15, 0.2) is 6.20 Å². The minimum absolute atomic E-state index is 0.812. The molecule has 0 spiro atoms. The summed E-state index contributed by atoms with van der Waals surface area (Å²) in [4.78, 5) is 2.42. The van der Waals surface area contributed by atoms with Gasteiger partial charge in [0, 0.05) is 38.9 Å². The molecule has 0 radical (unpaired) electrons. The van der Waals surface area contributed by atoms with Crippen molar-refractivity contribution in [3.8, 4) is 0 Å². The first-order valence-electron chi connectivity index (χ1n) is 5.52. The molecule has 0 unspecified atom stereocenters. The number of hydrogen-bond donors (Lipinski definition) is 1. The number of hydrogen-bond acceptors (Lipinski definition) is 4. The monoisotopic (exact) mass is 209 g/mol. The fourth-order valence-corrected chi connectivity index (χ4v) is 1.65. The highest BCUT2D eigenvalue weighted by molar-refractivity contribution is 4.90. The second-order valence-corrected chi connectivity index (χ2v) is 4.27. The van der Waals surface area contributed by atoms with E-state index in [0.29, 0.717) is 0 Å². The van der Waals surface area contributed by atoms with E-state index in [0.717, 1.165) is 31.4 Å². The number of rotatable bonds is 6. The number of likely N-dealkylation sites (N-methyl/N-ethyl adjacent to an activating group) is 1. The first-order chi connectivity index (χ1) is 7.25. The molecule has 1 saturated carbocycles. The third-order valence-electron chi connectivity index (χ3n) is 2.77. The lowest BCUT2D eigenvalue weighted by Crippen LogP contribution is -2.30. The Morgan fingerprint density at radius 3 is 3.00 bits per heavy atom. The molecular formula is C10H19N5. The zero-order valence-electron chi connectivity index (χ0n) is 9.48. The van der Waals surface area contributed by atoms with E-state index < -0.39 is 0 Å². The highest BCUT2D eigenvalue weighted by atomic mass is 15.4. The van der Waals surface area contributed by atoms with Gasteiger partial charge >= 0.3 is 0 Å². The maximum atomic E-state index is 4.02. The van der Waals surface area contributed by atoms with E-state index in [9.17, 15) is 0 Å².